The molecule has 230 valence electrons. The Morgan fingerprint density at radius 1 is 0.727 bits per heavy atom. The number of ether oxygens (including phenoxy) is 3. The smallest absolute Gasteiger partial charge is 0.307 e. The molecule has 6 nitrogen and oxygen atoms in total. The second-order valence-electron chi connectivity index (χ2n) is 10.6. The summed E-state index contributed by atoms with van der Waals surface area (Å²) in [5, 5.41) is 9.17. The van der Waals surface area contributed by atoms with Crippen LogP contribution >= 0.6 is 0 Å². The average molecular weight is 595 g/mol. The number of phenolic OH excluding ortho intramolecular Hbond substituents is 1. The molecule has 4 rings (SSSR count). The number of methoxy groups -OCH3 is 2. The van der Waals surface area contributed by atoms with Crippen LogP contribution in [-0.2, 0) is 19.1 Å². The van der Waals surface area contributed by atoms with Crippen LogP contribution in [0, 0.1) is 23.7 Å². The van der Waals surface area contributed by atoms with Gasteiger partial charge in [-0.1, -0.05) is 66.4 Å². The molecule has 6 heteroatoms. The number of hydrogen-bond donors (Lipinski definition) is 1. The number of benzene rings is 3. The van der Waals surface area contributed by atoms with E-state index < -0.39 is 0 Å². The van der Waals surface area contributed by atoms with E-state index in [4.69, 9.17) is 14.6 Å². The first-order chi connectivity index (χ1) is 21.4. The maximum atomic E-state index is 11.6. The van der Waals surface area contributed by atoms with Crippen LogP contribution in [0.2, 0.25) is 0 Å². The van der Waals surface area contributed by atoms with Crippen LogP contribution in [-0.4, -0.2) is 37.4 Å². The molecule has 2 atom stereocenters. The summed E-state index contributed by atoms with van der Waals surface area (Å²) >= 11 is 0. The van der Waals surface area contributed by atoms with E-state index >= 15 is 0 Å². The fraction of sp³-hybridized carbons (Fsp3) is 0.368. The lowest BCUT2D eigenvalue weighted by Gasteiger charge is -2.29. The molecule has 0 aromatic heterocycles. The van der Waals surface area contributed by atoms with Crippen molar-refractivity contribution in [3.05, 3.63) is 95.6 Å². The van der Waals surface area contributed by atoms with Gasteiger partial charge in [-0.15, -0.1) is 11.8 Å². The van der Waals surface area contributed by atoms with Gasteiger partial charge in [-0.2, -0.15) is 0 Å². The normalized spacial score (nSPS) is 16.6. The molecule has 0 aliphatic heterocycles. The molecule has 0 radical (unpaired) electrons. The van der Waals surface area contributed by atoms with E-state index in [0.29, 0.717) is 5.92 Å². The van der Waals surface area contributed by atoms with Gasteiger partial charge in [-0.3, -0.25) is 9.59 Å². The van der Waals surface area contributed by atoms with E-state index in [9.17, 15) is 9.59 Å². The van der Waals surface area contributed by atoms with Gasteiger partial charge in [0.1, 0.15) is 11.5 Å². The molecule has 0 amide bonds. The highest BCUT2D eigenvalue weighted by molar-refractivity contribution is 5.71. The van der Waals surface area contributed by atoms with Gasteiger partial charge in [0, 0.05) is 0 Å². The van der Waals surface area contributed by atoms with Crippen molar-refractivity contribution in [2.24, 2.45) is 0 Å². The third kappa shape index (κ3) is 10.9. The van der Waals surface area contributed by atoms with Gasteiger partial charge in [0.2, 0.25) is 0 Å². The van der Waals surface area contributed by atoms with Gasteiger partial charge in [-0.25, -0.2) is 0 Å². The number of rotatable bonds is 9. The van der Waals surface area contributed by atoms with E-state index in [0.717, 1.165) is 29.7 Å². The standard InChI is InChI=1S/C25H28O3.C13H14O3/c1-3-7-22(18-25(26)27-2)21-12-16-24(17-13-21)28-23-14-10-20(11-15-23)19-8-5-4-6-9-19;1-3-4-11(9-13(15)16-2)10-5-7-12(14)8-6-10/h4-6,8-9,12-13,16-17,20,22-23H,10-11,14-15,18H2,1-2H3;5-8,11,14H,9H2,1-2H3. The monoisotopic (exact) mass is 594 g/mol. The van der Waals surface area contributed by atoms with Crippen LogP contribution in [0.15, 0.2) is 78.9 Å². The van der Waals surface area contributed by atoms with E-state index in [1.54, 1.807) is 38.1 Å². The molecule has 44 heavy (non-hydrogen) atoms. The molecule has 1 saturated carbocycles. The zero-order valence-corrected chi connectivity index (χ0v) is 26.0. The Bertz CT molecular complexity index is 1430. The summed E-state index contributed by atoms with van der Waals surface area (Å²) in [5.41, 5.74) is 3.36. The minimum absolute atomic E-state index is 0.146. The topological polar surface area (TPSA) is 82.1 Å². The second-order valence-corrected chi connectivity index (χ2v) is 10.6. The number of carbonyl (C=O) groups excluding carboxylic acids is 2. The van der Waals surface area contributed by atoms with Crippen molar-refractivity contribution >= 4 is 11.9 Å². The SMILES string of the molecule is CC#CC(CC(=O)OC)c1ccc(O)cc1.CC#CC(CC(=O)OC)c1ccc(OC2CCC(c3ccccc3)CC2)cc1. The quantitative estimate of drug-likeness (QED) is 0.204. The molecule has 1 aliphatic carbocycles. The zero-order valence-electron chi connectivity index (χ0n) is 26.0. The number of aromatic hydroxyl groups is 1. The molecule has 0 spiro atoms. The number of carbonyl (C=O) groups is 2. The second kappa shape index (κ2) is 18.1. The Kier molecular flexibility index (Phi) is 13.9. The van der Waals surface area contributed by atoms with Crippen molar-refractivity contribution in [1.82, 2.24) is 0 Å². The number of phenols is 1. The highest BCUT2D eigenvalue weighted by Crippen LogP contribution is 2.34. The summed E-state index contributed by atoms with van der Waals surface area (Å²) in [6.07, 6.45) is 5.25. The molecule has 0 heterocycles. The number of esters is 2. The summed E-state index contributed by atoms with van der Waals surface area (Å²) in [4.78, 5) is 22.8. The largest absolute Gasteiger partial charge is 0.508 e. The maximum absolute atomic E-state index is 11.6. The molecular formula is C38H42O6. The van der Waals surface area contributed by atoms with Crippen molar-refractivity contribution in [2.45, 2.75) is 76.2 Å². The van der Waals surface area contributed by atoms with Gasteiger partial charge < -0.3 is 19.3 Å². The molecule has 2 unspecified atom stereocenters. The van der Waals surface area contributed by atoms with Crippen LogP contribution in [0.1, 0.15) is 86.8 Å². The minimum Gasteiger partial charge on any atom is -0.508 e. The van der Waals surface area contributed by atoms with Crippen LogP contribution in [0.4, 0.5) is 0 Å². The molecule has 1 aliphatic rings. The first kappa shape index (κ1) is 33.8. The first-order valence-electron chi connectivity index (χ1n) is 14.9. The van der Waals surface area contributed by atoms with E-state index in [1.807, 2.05) is 24.3 Å². The molecule has 1 fully saturated rings. The average Bonchev–Trinajstić information content (AvgIpc) is 3.06. The Morgan fingerprint density at radius 2 is 1.20 bits per heavy atom. The molecule has 0 bridgehead atoms. The van der Waals surface area contributed by atoms with Gasteiger partial charge in [0.05, 0.1) is 45.0 Å². The van der Waals surface area contributed by atoms with Crippen LogP contribution in [0.3, 0.4) is 0 Å². The first-order valence-corrected chi connectivity index (χ1v) is 14.9. The minimum atomic E-state index is -0.291. The maximum Gasteiger partial charge on any atom is 0.307 e. The van der Waals surface area contributed by atoms with Crippen molar-refractivity contribution in [3.8, 4) is 35.2 Å². The summed E-state index contributed by atoms with van der Waals surface area (Å²) < 4.78 is 15.6. The van der Waals surface area contributed by atoms with Crippen molar-refractivity contribution in [2.75, 3.05) is 14.2 Å². The Balaban J connectivity index is 0.000000281. The predicted molar refractivity (Wildman–Crippen MR) is 172 cm³/mol. The Hall–Kier alpha value is -4.68. The highest BCUT2D eigenvalue weighted by atomic mass is 16.5. The molecule has 3 aromatic carbocycles. The van der Waals surface area contributed by atoms with Gasteiger partial charge in [0.25, 0.3) is 0 Å². The molecule has 0 saturated heterocycles. The lowest BCUT2D eigenvalue weighted by Crippen LogP contribution is -2.23. The zero-order chi connectivity index (χ0) is 31.7. The summed E-state index contributed by atoms with van der Waals surface area (Å²) in [7, 11) is 2.76. The molecule has 1 N–H and O–H groups in total. The third-order valence-electron chi connectivity index (χ3n) is 7.66. The molecular weight excluding hydrogens is 552 g/mol. The van der Waals surface area contributed by atoms with Crippen LogP contribution in [0.5, 0.6) is 11.5 Å². The van der Waals surface area contributed by atoms with E-state index in [-0.39, 0.29) is 48.5 Å². The van der Waals surface area contributed by atoms with Crippen molar-refractivity contribution in [1.29, 1.82) is 0 Å². The van der Waals surface area contributed by atoms with Crippen LogP contribution in [0.25, 0.3) is 0 Å². The fourth-order valence-electron chi connectivity index (χ4n) is 5.27. The summed E-state index contributed by atoms with van der Waals surface area (Å²) in [5.74, 6) is 12.6. The summed E-state index contributed by atoms with van der Waals surface area (Å²) in [6.45, 7) is 3.51. The fourth-order valence-corrected chi connectivity index (χ4v) is 5.27. The van der Waals surface area contributed by atoms with Gasteiger partial charge in [0.15, 0.2) is 0 Å². The molecule has 3 aromatic rings. The van der Waals surface area contributed by atoms with E-state index in [1.165, 1.54) is 32.6 Å². The van der Waals surface area contributed by atoms with Gasteiger partial charge in [-0.05, 0) is 86.4 Å². The Labute approximate surface area is 261 Å². The third-order valence-corrected chi connectivity index (χ3v) is 7.66. The van der Waals surface area contributed by atoms with E-state index in [2.05, 4.69) is 58.8 Å². The lowest BCUT2D eigenvalue weighted by molar-refractivity contribution is -0.141. The predicted octanol–water partition coefficient (Wildman–Crippen LogP) is 7.52. The van der Waals surface area contributed by atoms with Crippen molar-refractivity contribution in [3.63, 3.8) is 0 Å². The summed E-state index contributed by atoms with van der Waals surface area (Å²) in [6, 6.07) is 25.4. The lowest BCUT2D eigenvalue weighted by atomic mass is 9.83. The van der Waals surface area contributed by atoms with Crippen molar-refractivity contribution < 1.29 is 28.9 Å². The Morgan fingerprint density at radius 3 is 1.66 bits per heavy atom. The van der Waals surface area contributed by atoms with Gasteiger partial charge >= 0.3 is 11.9 Å². The highest BCUT2D eigenvalue weighted by Gasteiger charge is 2.23. The number of hydrogen-bond acceptors (Lipinski definition) is 6. The van der Waals surface area contributed by atoms with Crippen LogP contribution < -0.4 is 4.74 Å².